The molecule has 1 aliphatic rings. The zero-order valence-electron chi connectivity index (χ0n) is 13.7. The van der Waals surface area contributed by atoms with E-state index >= 15 is 0 Å². The molecule has 1 fully saturated rings. The van der Waals surface area contributed by atoms with Crippen molar-refractivity contribution in [1.29, 1.82) is 0 Å². The van der Waals surface area contributed by atoms with Crippen LogP contribution in [-0.4, -0.2) is 42.0 Å². The molecule has 9 heteroatoms. The summed E-state index contributed by atoms with van der Waals surface area (Å²) in [6.45, 7) is 2.62. The minimum Gasteiger partial charge on any atom is -0.506 e. The first-order valence-corrected chi connectivity index (χ1v) is 9.40. The van der Waals surface area contributed by atoms with E-state index in [2.05, 4.69) is 10.5 Å². The molecule has 8 nitrogen and oxygen atoms in total. The lowest BCUT2D eigenvalue weighted by Gasteiger charge is -2.26. The van der Waals surface area contributed by atoms with Crippen LogP contribution in [0, 0.1) is 6.92 Å². The van der Waals surface area contributed by atoms with E-state index in [9.17, 15) is 18.3 Å². The zero-order chi connectivity index (χ0) is 18.0. The molecule has 0 radical (unpaired) electrons. The van der Waals surface area contributed by atoms with Gasteiger partial charge < -0.3 is 14.9 Å². The third-order valence-electron chi connectivity index (χ3n) is 4.02. The maximum atomic E-state index is 12.7. The molecule has 0 bridgehead atoms. The van der Waals surface area contributed by atoms with Crippen molar-refractivity contribution in [1.82, 2.24) is 9.46 Å². The van der Waals surface area contributed by atoms with E-state index in [1.54, 1.807) is 6.92 Å². The van der Waals surface area contributed by atoms with Gasteiger partial charge in [-0.3, -0.25) is 4.79 Å². The number of carbonyl (C=O) groups excluding carboxylic acids is 1. The Morgan fingerprint density at radius 2 is 1.96 bits per heavy atom. The number of phenolic OH excluding ortho intramolecular Hbond substituents is 1. The van der Waals surface area contributed by atoms with E-state index < -0.39 is 15.9 Å². The summed E-state index contributed by atoms with van der Waals surface area (Å²) in [5, 5.41) is 16.0. The summed E-state index contributed by atoms with van der Waals surface area (Å²) in [6, 6.07) is 5.27. The number of rotatable bonds is 4. The van der Waals surface area contributed by atoms with E-state index in [4.69, 9.17) is 4.52 Å². The van der Waals surface area contributed by atoms with Crippen LogP contribution < -0.4 is 5.32 Å². The highest BCUT2D eigenvalue weighted by atomic mass is 32.2. The van der Waals surface area contributed by atoms with Gasteiger partial charge in [0.15, 0.2) is 0 Å². The predicted octanol–water partition coefficient (Wildman–Crippen LogP) is 2.12. The van der Waals surface area contributed by atoms with E-state index in [0.29, 0.717) is 18.8 Å². The maximum absolute atomic E-state index is 12.7. The number of carbonyl (C=O) groups is 1. The number of aryl methyl sites for hydroxylation is 1. The quantitative estimate of drug-likeness (QED) is 0.803. The molecule has 0 spiro atoms. The molecule has 134 valence electrons. The van der Waals surface area contributed by atoms with Gasteiger partial charge in [-0.05, 0) is 38.0 Å². The molecule has 2 N–H and O–H groups in total. The van der Waals surface area contributed by atoms with E-state index in [1.807, 2.05) is 0 Å². The van der Waals surface area contributed by atoms with Gasteiger partial charge in [-0.2, -0.15) is 4.31 Å². The Hall–Kier alpha value is -2.39. The second kappa shape index (κ2) is 6.85. The average molecular weight is 365 g/mol. The Bertz CT molecular complexity index is 885. The number of hydrogen-bond donors (Lipinski definition) is 2. The lowest BCUT2D eigenvalue weighted by molar-refractivity contribution is 0.0987. The number of phenols is 1. The normalized spacial score (nSPS) is 15.9. The number of hydrogen-bond acceptors (Lipinski definition) is 6. The largest absolute Gasteiger partial charge is 0.506 e. The first-order valence-electron chi connectivity index (χ1n) is 7.96. The molecule has 2 heterocycles. The molecule has 1 aromatic heterocycles. The fourth-order valence-corrected chi connectivity index (χ4v) is 4.23. The first kappa shape index (κ1) is 17.4. The molecule has 1 aliphatic heterocycles. The molecular formula is C16H19N3O5S. The van der Waals surface area contributed by atoms with Crippen LogP contribution in [0.2, 0.25) is 0 Å². The van der Waals surface area contributed by atoms with E-state index in [1.165, 1.54) is 28.6 Å². The average Bonchev–Trinajstić information content (AvgIpc) is 3.04. The zero-order valence-corrected chi connectivity index (χ0v) is 14.5. The third-order valence-corrected chi connectivity index (χ3v) is 5.92. The molecule has 1 aromatic carbocycles. The lowest BCUT2D eigenvalue weighted by atomic mass is 10.2. The number of nitrogens with one attached hydrogen (secondary N) is 1. The minimum absolute atomic E-state index is 0.00265. The van der Waals surface area contributed by atoms with Gasteiger partial charge in [0.25, 0.3) is 5.91 Å². The second-order valence-electron chi connectivity index (χ2n) is 5.93. The van der Waals surface area contributed by atoms with Crippen molar-refractivity contribution in [3.05, 3.63) is 35.7 Å². The Kier molecular flexibility index (Phi) is 4.78. The molecule has 1 saturated heterocycles. The van der Waals surface area contributed by atoms with E-state index in [0.717, 1.165) is 19.3 Å². The summed E-state index contributed by atoms with van der Waals surface area (Å²) in [7, 11) is -3.66. The topological polar surface area (TPSA) is 113 Å². The number of aromatic hydroxyl groups is 1. The van der Waals surface area contributed by atoms with Crippen LogP contribution in [0.4, 0.5) is 5.69 Å². The Morgan fingerprint density at radius 3 is 2.60 bits per heavy atom. The van der Waals surface area contributed by atoms with Crippen molar-refractivity contribution < 1.29 is 22.8 Å². The summed E-state index contributed by atoms with van der Waals surface area (Å²) in [6.07, 6.45) is 2.66. The first-order chi connectivity index (χ1) is 11.9. The van der Waals surface area contributed by atoms with Crippen LogP contribution in [0.1, 0.15) is 35.5 Å². The van der Waals surface area contributed by atoms with Gasteiger partial charge in [0.2, 0.25) is 15.8 Å². The molecular weight excluding hydrogens is 346 g/mol. The van der Waals surface area contributed by atoms with E-state index in [-0.39, 0.29) is 22.1 Å². The van der Waals surface area contributed by atoms with Gasteiger partial charge in [0.05, 0.1) is 16.3 Å². The number of aromatic nitrogens is 1. The number of benzene rings is 1. The summed E-state index contributed by atoms with van der Waals surface area (Å²) in [5.74, 6) is -0.883. The number of anilines is 1. The lowest BCUT2D eigenvalue weighted by Crippen LogP contribution is -2.35. The van der Waals surface area contributed by atoms with Crippen molar-refractivity contribution in [2.24, 2.45) is 0 Å². The van der Waals surface area contributed by atoms with Crippen molar-refractivity contribution in [3.63, 3.8) is 0 Å². The molecule has 0 aliphatic carbocycles. The summed E-state index contributed by atoms with van der Waals surface area (Å²) in [5.41, 5.74) is 0.535. The highest BCUT2D eigenvalue weighted by molar-refractivity contribution is 7.89. The van der Waals surface area contributed by atoms with Crippen LogP contribution in [0.25, 0.3) is 0 Å². The molecule has 2 aromatic rings. The standard InChI is InChI=1S/C16H19N3O5S/c1-11-9-15(24-18-11)16(21)17-13-10-12(5-6-14(13)20)25(22,23)19-7-3-2-4-8-19/h5-6,9-10,20H,2-4,7-8H2,1H3,(H,17,21). The van der Waals surface area contributed by atoms with Crippen LogP contribution in [0.5, 0.6) is 5.75 Å². The van der Waals surface area contributed by atoms with Crippen LogP contribution in [-0.2, 0) is 10.0 Å². The molecule has 25 heavy (non-hydrogen) atoms. The second-order valence-corrected chi connectivity index (χ2v) is 7.87. The Labute approximate surface area is 145 Å². The van der Waals surface area contributed by atoms with Crippen molar-refractivity contribution in [2.75, 3.05) is 18.4 Å². The predicted molar refractivity (Wildman–Crippen MR) is 89.9 cm³/mol. The van der Waals surface area contributed by atoms with Crippen LogP contribution in [0.15, 0.2) is 33.7 Å². The van der Waals surface area contributed by atoms with Gasteiger partial charge in [0, 0.05) is 19.2 Å². The van der Waals surface area contributed by atoms with Gasteiger partial charge in [0.1, 0.15) is 5.75 Å². The summed E-state index contributed by atoms with van der Waals surface area (Å²) >= 11 is 0. The monoisotopic (exact) mass is 365 g/mol. The number of piperidine rings is 1. The van der Waals surface area contributed by atoms with Crippen molar-refractivity contribution in [3.8, 4) is 5.75 Å². The SMILES string of the molecule is Cc1cc(C(=O)Nc2cc(S(=O)(=O)N3CCCCC3)ccc2O)on1. The molecule has 0 atom stereocenters. The van der Waals surface area contributed by atoms with Gasteiger partial charge in [-0.15, -0.1) is 0 Å². The minimum atomic E-state index is -3.66. The maximum Gasteiger partial charge on any atom is 0.294 e. The smallest absolute Gasteiger partial charge is 0.294 e. The third kappa shape index (κ3) is 3.67. The Balaban J connectivity index is 1.86. The highest BCUT2D eigenvalue weighted by Gasteiger charge is 2.27. The van der Waals surface area contributed by atoms with Crippen molar-refractivity contribution >= 4 is 21.6 Å². The Morgan fingerprint density at radius 1 is 1.24 bits per heavy atom. The molecule has 0 unspecified atom stereocenters. The van der Waals surface area contributed by atoms with Crippen LogP contribution in [0.3, 0.4) is 0 Å². The summed E-state index contributed by atoms with van der Waals surface area (Å²) in [4.78, 5) is 12.2. The fourth-order valence-electron chi connectivity index (χ4n) is 2.68. The number of sulfonamides is 1. The van der Waals surface area contributed by atoms with Crippen molar-refractivity contribution in [2.45, 2.75) is 31.1 Å². The highest BCUT2D eigenvalue weighted by Crippen LogP contribution is 2.29. The molecule has 0 saturated carbocycles. The number of amides is 1. The van der Waals surface area contributed by atoms with Crippen LogP contribution >= 0.6 is 0 Å². The number of nitrogens with zero attached hydrogens (tertiary/aromatic N) is 2. The van der Waals surface area contributed by atoms with Gasteiger partial charge >= 0.3 is 0 Å². The molecule has 3 rings (SSSR count). The fraction of sp³-hybridized carbons (Fsp3) is 0.375. The van der Waals surface area contributed by atoms with Gasteiger partial charge in [-0.1, -0.05) is 11.6 Å². The summed E-state index contributed by atoms with van der Waals surface area (Å²) < 4.78 is 31.7. The van der Waals surface area contributed by atoms with Gasteiger partial charge in [-0.25, -0.2) is 8.42 Å². The molecule has 1 amide bonds.